The highest BCUT2D eigenvalue weighted by Crippen LogP contribution is 2.50. The fourth-order valence-electron chi connectivity index (χ4n) is 3.24. The summed E-state index contributed by atoms with van der Waals surface area (Å²) in [4.78, 5) is 6.46. The highest BCUT2D eigenvalue weighted by molar-refractivity contribution is 7.12. The van der Waals surface area contributed by atoms with Gasteiger partial charge in [0.25, 0.3) is 0 Å². The maximum atomic E-state index is 5.00. The summed E-state index contributed by atoms with van der Waals surface area (Å²) in [5, 5.41) is 4.81. The lowest BCUT2D eigenvalue weighted by Crippen LogP contribution is -2.35. The molecule has 4 rings (SSSR count). The van der Waals surface area contributed by atoms with Crippen molar-refractivity contribution in [2.24, 2.45) is 0 Å². The monoisotopic (exact) mass is 270 g/mol. The molecule has 2 aromatic rings. The van der Waals surface area contributed by atoms with Crippen LogP contribution in [0.5, 0.6) is 0 Å². The predicted molar refractivity (Wildman–Crippen MR) is 78.6 cm³/mol. The van der Waals surface area contributed by atoms with E-state index in [0.717, 1.165) is 19.5 Å². The number of hydrogen-bond acceptors (Lipinski definition) is 3. The maximum absolute atomic E-state index is 5.00. The summed E-state index contributed by atoms with van der Waals surface area (Å²) in [5.41, 5.74) is 3.03. The fraction of sp³-hybridized carbons (Fsp3) is 0.438. The second-order valence-corrected chi connectivity index (χ2v) is 6.70. The Morgan fingerprint density at radius 3 is 2.68 bits per heavy atom. The average molecular weight is 270 g/mol. The van der Waals surface area contributed by atoms with Gasteiger partial charge in [0.05, 0.1) is 5.69 Å². The number of thiazole rings is 1. The van der Waals surface area contributed by atoms with E-state index in [0.29, 0.717) is 0 Å². The number of nitrogens with one attached hydrogen (secondary N) is 1. The van der Waals surface area contributed by atoms with E-state index in [4.69, 9.17) is 4.98 Å². The Morgan fingerprint density at radius 1 is 1.16 bits per heavy atom. The summed E-state index contributed by atoms with van der Waals surface area (Å²) in [6, 6.07) is 11.0. The third-order valence-corrected chi connectivity index (χ3v) is 5.85. The van der Waals surface area contributed by atoms with E-state index < -0.39 is 0 Å². The van der Waals surface area contributed by atoms with Crippen LogP contribution in [0.15, 0.2) is 30.3 Å². The van der Waals surface area contributed by atoms with Crippen LogP contribution in [0.4, 0.5) is 0 Å². The molecule has 0 bridgehead atoms. The molecule has 0 spiro atoms. The van der Waals surface area contributed by atoms with Gasteiger partial charge in [0.15, 0.2) is 0 Å². The quantitative estimate of drug-likeness (QED) is 0.906. The van der Waals surface area contributed by atoms with E-state index in [1.165, 1.54) is 40.4 Å². The molecular weight excluding hydrogens is 252 g/mol. The van der Waals surface area contributed by atoms with E-state index in [1.54, 1.807) is 0 Å². The average Bonchev–Trinajstić information content (AvgIpc) is 2.82. The van der Waals surface area contributed by atoms with Gasteiger partial charge in [-0.1, -0.05) is 36.8 Å². The number of fused-ring (bicyclic) bond motifs is 1. The summed E-state index contributed by atoms with van der Waals surface area (Å²) in [6.45, 7) is 2.09. The first-order valence-corrected chi connectivity index (χ1v) is 7.95. The summed E-state index contributed by atoms with van der Waals surface area (Å²) in [5.74, 6) is 0. The summed E-state index contributed by atoms with van der Waals surface area (Å²) >= 11 is 1.94. The zero-order chi connectivity index (χ0) is 12.7. The summed E-state index contributed by atoms with van der Waals surface area (Å²) < 4.78 is 0. The first kappa shape index (κ1) is 11.6. The Hall–Kier alpha value is -1.19. The van der Waals surface area contributed by atoms with Crippen molar-refractivity contribution in [3.05, 3.63) is 51.5 Å². The Morgan fingerprint density at radius 2 is 2.00 bits per heavy atom. The lowest BCUT2D eigenvalue weighted by Gasteiger charge is -2.40. The van der Waals surface area contributed by atoms with Gasteiger partial charge in [-0.3, -0.25) is 0 Å². The first-order valence-electron chi connectivity index (χ1n) is 7.14. The van der Waals surface area contributed by atoms with E-state index in [1.807, 2.05) is 11.3 Å². The second-order valence-electron chi connectivity index (χ2n) is 5.62. The van der Waals surface area contributed by atoms with E-state index in [-0.39, 0.29) is 5.41 Å². The Bertz CT molecular complexity index is 561. The van der Waals surface area contributed by atoms with Gasteiger partial charge in [-0.25, -0.2) is 4.98 Å². The van der Waals surface area contributed by atoms with Gasteiger partial charge < -0.3 is 5.32 Å². The zero-order valence-corrected chi connectivity index (χ0v) is 11.8. The van der Waals surface area contributed by atoms with Gasteiger partial charge >= 0.3 is 0 Å². The minimum absolute atomic E-state index is 0.225. The van der Waals surface area contributed by atoms with Crippen LogP contribution < -0.4 is 5.32 Å². The Kier molecular flexibility index (Phi) is 2.71. The molecule has 0 amide bonds. The van der Waals surface area contributed by atoms with Gasteiger partial charge in [-0.05, 0) is 18.4 Å². The third-order valence-electron chi connectivity index (χ3n) is 4.55. The van der Waals surface area contributed by atoms with Crippen molar-refractivity contribution < 1.29 is 0 Å². The van der Waals surface area contributed by atoms with E-state index in [2.05, 4.69) is 35.6 Å². The zero-order valence-electron chi connectivity index (χ0n) is 11.0. The third kappa shape index (κ3) is 1.76. The Labute approximate surface area is 117 Å². The van der Waals surface area contributed by atoms with Crippen LogP contribution in [-0.4, -0.2) is 11.5 Å². The van der Waals surface area contributed by atoms with Crippen molar-refractivity contribution in [1.29, 1.82) is 0 Å². The molecule has 1 fully saturated rings. The van der Waals surface area contributed by atoms with Crippen molar-refractivity contribution in [2.45, 2.75) is 37.6 Å². The molecule has 0 saturated heterocycles. The predicted octanol–water partition coefficient (Wildman–Crippen LogP) is 3.26. The molecule has 1 aromatic carbocycles. The van der Waals surface area contributed by atoms with Gasteiger partial charge in [0.2, 0.25) is 0 Å². The minimum Gasteiger partial charge on any atom is -0.311 e. The smallest absolute Gasteiger partial charge is 0.104 e. The molecule has 19 heavy (non-hydrogen) atoms. The topological polar surface area (TPSA) is 24.9 Å². The van der Waals surface area contributed by atoms with Crippen LogP contribution in [-0.2, 0) is 18.4 Å². The molecule has 0 radical (unpaired) electrons. The Balaban J connectivity index is 1.79. The maximum Gasteiger partial charge on any atom is 0.104 e. The van der Waals surface area contributed by atoms with Crippen LogP contribution in [0, 0.1) is 0 Å². The van der Waals surface area contributed by atoms with Crippen LogP contribution >= 0.6 is 11.3 Å². The number of rotatable bonds is 2. The van der Waals surface area contributed by atoms with Crippen LogP contribution in [0.3, 0.4) is 0 Å². The van der Waals surface area contributed by atoms with Crippen LogP contribution in [0.2, 0.25) is 0 Å². The number of aromatic nitrogens is 1. The molecule has 1 aliphatic heterocycles. The van der Waals surface area contributed by atoms with Crippen LogP contribution in [0.1, 0.15) is 40.4 Å². The van der Waals surface area contributed by atoms with Crippen molar-refractivity contribution in [1.82, 2.24) is 10.3 Å². The molecular formula is C16H18N2S. The van der Waals surface area contributed by atoms with Gasteiger partial charge in [0, 0.05) is 29.8 Å². The molecule has 1 aromatic heterocycles. The molecule has 0 atom stereocenters. The van der Waals surface area contributed by atoms with Gasteiger partial charge in [-0.15, -0.1) is 11.3 Å². The second kappa shape index (κ2) is 4.43. The standard InChI is InChI=1S/C16H18N2S/c1-2-5-12(6-3-1)16(8-4-9-16)15-18-13-7-10-17-11-14(13)19-15/h1-3,5-6,17H,4,7-11H2. The number of benzene rings is 1. The van der Waals surface area contributed by atoms with Gasteiger partial charge in [0.1, 0.15) is 5.01 Å². The van der Waals surface area contributed by atoms with E-state index >= 15 is 0 Å². The molecule has 2 aliphatic rings. The lowest BCUT2D eigenvalue weighted by molar-refractivity contribution is 0.300. The van der Waals surface area contributed by atoms with Crippen molar-refractivity contribution in [2.75, 3.05) is 6.54 Å². The van der Waals surface area contributed by atoms with Crippen LogP contribution in [0.25, 0.3) is 0 Å². The van der Waals surface area contributed by atoms with Crippen molar-refractivity contribution in [3.8, 4) is 0 Å². The van der Waals surface area contributed by atoms with Crippen molar-refractivity contribution in [3.63, 3.8) is 0 Å². The molecule has 1 saturated carbocycles. The number of nitrogens with zero attached hydrogens (tertiary/aromatic N) is 1. The highest BCUT2D eigenvalue weighted by atomic mass is 32.1. The molecule has 3 heteroatoms. The molecule has 1 N–H and O–H groups in total. The molecule has 2 nitrogen and oxygen atoms in total. The molecule has 0 unspecified atom stereocenters. The molecule has 2 heterocycles. The number of hydrogen-bond donors (Lipinski definition) is 1. The SMILES string of the molecule is c1ccc(C2(c3nc4c(s3)CNCC4)CCC2)cc1. The minimum atomic E-state index is 0.225. The summed E-state index contributed by atoms with van der Waals surface area (Å²) in [6.07, 6.45) is 4.95. The first-order chi connectivity index (χ1) is 9.38. The van der Waals surface area contributed by atoms with Gasteiger partial charge in [-0.2, -0.15) is 0 Å². The van der Waals surface area contributed by atoms with Crippen molar-refractivity contribution >= 4 is 11.3 Å². The highest BCUT2D eigenvalue weighted by Gasteiger charge is 2.43. The lowest BCUT2D eigenvalue weighted by atomic mass is 9.65. The molecule has 98 valence electrons. The summed E-state index contributed by atoms with van der Waals surface area (Å²) in [7, 11) is 0. The van der Waals surface area contributed by atoms with E-state index in [9.17, 15) is 0 Å². The normalized spacial score (nSPS) is 20.6. The largest absolute Gasteiger partial charge is 0.311 e. The molecule has 1 aliphatic carbocycles. The fourth-order valence-corrected chi connectivity index (χ4v) is 4.59.